The Morgan fingerprint density at radius 3 is 2.64 bits per heavy atom. The molecule has 1 heterocycles. The molecule has 1 saturated heterocycles. The van der Waals surface area contributed by atoms with Crippen molar-refractivity contribution in [1.82, 2.24) is 4.90 Å². The number of ether oxygens (including phenoxy) is 2. The molecule has 0 aromatic rings. The van der Waals surface area contributed by atoms with Gasteiger partial charge in [-0.05, 0) is 13.3 Å². The summed E-state index contributed by atoms with van der Waals surface area (Å²) in [6.45, 7) is 6.37. The highest BCUT2D eigenvalue weighted by Gasteiger charge is 2.27. The Labute approximate surface area is 85.4 Å². The number of nitrogens with zero attached hydrogens (tertiary/aromatic N) is 2. The van der Waals surface area contributed by atoms with Crippen LogP contribution in [0.1, 0.15) is 26.7 Å². The fourth-order valence-electron chi connectivity index (χ4n) is 1.58. The van der Waals surface area contributed by atoms with Gasteiger partial charge in [0.2, 0.25) is 6.41 Å². The van der Waals surface area contributed by atoms with Gasteiger partial charge < -0.3 is 9.47 Å². The Morgan fingerprint density at radius 1 is 1.50 bits per heavy atom. The lowest BCUT2D eigenvalue weighted by molar-refractivity contribution is -0.164. The second-order valence-electron chi connectivity index (χ2n) is 3.50. The van der Waals surface area contributed by atoms with Crippen molar-refractivity contribution in [3.63, 3.8) is 0 Å². The van der Waals surface area contributed by atoms with Gasteiger partial charge in [-0.15, -0.1) is 0 Å². The van der Waals surface area contributed by atoms with Crippen LogP contribution in [0.5, 0.6) is 0 Å². The lowest BCUT2D eigenvalue weighted by atomic mass is 10.2. The maximum absolute atomic E-state index is 8.64. The van der Waals surface area contributed by atoms with Crippen LogP contribution in [0.15, 0.2) is 0 Å². The van der Waals surface area contributed by atoms with E-state index in [1.807, 2.05) is 6.92 Å². The summed E-state index contributed by atoms with van der Waals surface area (Å²) in [6.07, 6.45) is 1.32. The highest BCUT2D eigenvalue weighted by Crippen LogP contribution is 2.15. The van der Waals surface area contributed by atoms with Crippen LogP contribution in [0, 0.1) is 11.3 Å². The summed E-state index contributed by atoms with van der Waals surface area (Å²) in [4.78, 5) is 2.11. The molecule has 4 nitrogen and oxygen atoms in total. The van der Waals surface area contributed by atoms with Crippen LogP contribution < -0.4 is 0 Å². The molecule has 0 spiro atoms. The molecule has 1 rings (SSSR count). The molecule has 1 unspecified atom stereocenters. The van der Waals surface area contributed by atoms with Crippen molar-refractivity contribution in [3.8, 4) is 6.07 Å². The van der Waals surface area contributed by atoms with E-state index in [-0.39, 0.29) is 12.5 Å². The van der Waals surface area contributed by atoms with E-state index >= 15 is 0 Å². The topological polar surface area (TPSA) is 45.5 Å². The third kappa shape index (κ3) is 2.95. The minimum Gasteiger partial charge on any atom is -0.337 e. The molecule has 1 aliphatic rings. The molecule has 0 bridgehead atoms. The number of hydrogen-bond donors (Lipinski definition) is 0. The predicted molar refractivity (Wildman–Crippen MR) is 52.4 cm³/mol. The summed E-state index contributed by atoms with van der Waals surface area (Å²) in [5.74, 6) is 0. The monoisotopic (exact) mass is 198 g/mol. The summed E-state index contributed by atoms with van der Waals surface area (Å²) in [6, 6.07) is 2.37. The normalized spacial score (nSPS) is 19.9. The summed E-state index contributed by atoms with van der Waals surface area (Å²) >= 11 is 0. The molecule has 80 valence electrons. The van der Waals surface area contributed by atoms with Crippen LogP contribution in [-0.4, -0.2) is 37.1 Å². The summed E-state index contributed by atoms with van der Waals surface area (Å²) in [5.41, 5.74) is 0. The molecule has 0 radical (unpaired) electrons. The molecule has 0 N–H and O–H groups in total. The van der Waals surface area contributed by atoms with Gasteiger partial charge in [0.25, 0.3) is 0 Å². The lowest BCUT2D eigenvalue weighted by Gasteiger charge is -2.30. The maximum Gasteiger partial charge on any atom is 0.219 e. The van der Waals surface area contributed by atoms with E-state index in [9.17, 15) is 0 Å². The first-order valence-corrected chi connectivity index (χ1v) is 5.15. The van der Waals surface area contributed by atoms with Gasteiger partial charge in [0.1, 0.15) is 0 Å². The molecule has 4 heteroatoms. The Kier molecular flexibility index (Phi) is 4.88. The van der Waals surface area contributed by atoms with E-state index < -0.39 is 0 Å². The molecule has 0 aliphatic carbocycles. The largest absolute Gasteiger partial charge is 0.337 e. The molecule has 0 aromatic carbocycles. The Bertz CT molecular complexity index is 197. The van der Waals surface area contributed by atoms with Crippen molar-refractivity contribution >= 4 is 0 Å². The zero-order valence-electron chi connectivity index (χ0n) is 8.90. The first-order valence-electron chi connectivity index (χ1n) is 5.15. The van der Waals surface area contributed by atoms with Crippen molar-refractivity contribution in [3.05, 3.63) is 0 Å². The average molecular weight is 198 g/mol. The zero-order chi connectivity index (χ0) is 10.4. The maximum atomic E-state index is 8.64. The minimum absolute atomic E-state index is 0.197. The second kappa shape index (κ2) is 5.97. The van der Waals surface area contributed by atoms with Crippen LogP contribution >= 0.6 is 0 Å². The Hall–Kier alpha value is -0.630. The van der Waals surface area contributed by atoms with Crippen molar-refractivity contribution < 1.29 is 9.47 Å². The van der Waals surface area contributed by atoms with E-state index in [0.717, 1.165) is 13.0 Å². The summed E-state index contributed by atoms with van der Waals surface area (Å²) in [7, 11) is 0. The number of nitriles is 1. The standard InChI is InChI=1S/C10H18N2O2/c1-3-6-12(9(2)4-5-11)10-13-7-8-14-10/h9-10H,3-4,6-8H2,1-2H3. The predicted octanol–water partition coefficient (Wildman–Crippen LogP) is 1.33. The second-order valence-corrected chi connectivity index (χ2v) is 3.50. The minimum atomic E-state index is -0.238. The van der Waals surface area contributed by atoms with E-state index in [0.29, 0.717) is 19.6 Å². The smallest absolute Gasteiger partial charge is 0.219 e. The molecule has 1 aliphatic heterocycles. The van der Waals surface area contributed by atoms with E-state index in [4.69, 9.17) is 14.7 Å². The van der Waals surface area contributed by atoms with Gasteiger partial charge in [-0.3, -0.25) is 4.90 Å². The quantitative estimate of drug-likeness (QED) is 0.668. The first kappa shape index (κ1) is 11.4. The van der Waals surface area contributed by atoms with Crippen LogP contribution in [-0.2, 0) is 9.47 Å². The van der Waals surface area contributed by atoms with E-state index in [1.54, 1.807) is 0 Å². The van der Waals surface area contributed by atoms with Crippen molar-refractivity contribution in [2.45, 2.75) is 39.1 Å². The molecule has 1 fully saturated rings. The highest BCUT2D eigenvalue weighted by atomic mass is 16.7. The van der Waals surface area contributed by atoms with Gasteiger partial charge in [-0.2, -0.15) is 5.26 Å². The van der Waals surface area contributed by atoms with Crippen LogP contribution in [0.4, 0.5) is 0 Å². The number of hydrogen-bond acceptors (Lipinski definition) is 4. The first-order chi connectivity index (χ1) is 6.79. The van der Waals surface area contributed by atoms with Crippen LogP contribution in [0.25, 0.3) is 0 Å². The fourth-order valence-corrected chi connectivity index (χ4v) is 1.58. The van der Waals surface area contributed by atoms with Crippen LogP contribution in [0.2, 0.25) is 0 Å². The van der Waals surface area contributed by atoms with Crippen molar-refractivity contribution in [2.75, 3.05) is 19.8 Å². The third-order valence-electron chi connectivity index (χ3n) is 2.31. The molecule has 14 heavy (non-hydrogen) atoms. The highest BCUT2D eigenvalue weighted by molar-refractivity contribution is 4.80. The van der Waals surface area contributed by atoms with E-state index in [1.165, 1.54) is 0 Å². The van der Waals surface area contributed by atoms with Gasteiger partial charge in [-0.1, -0.05) is 6.92 Å². The molecule has 0 aromatic heterocycles. The summed E-state index contributed by atoms with van der Waals surface area (Å²) in [5, 5.41) is 8.64. The average Bonchev–Trinajstić information content (AvgIpc) is 2.67. The third-order valence-corrected chi connectivity index (χ3v) is 2.31. The fraction of sp³-hybridized carbons (Fsp3) is 0.900. The van der Waals surface area contributed by atoms with Gasteiger partial charge in [0.05, 0.1) is 25.7 Å². The molecule has 0 amide bonds. The van der Waals surface area contributed by atoms with Crippen LogP contribution in [0.3, 0.4) is 0 Å². The van der Waals surface area contributed by atoms with Crippen molar-refractivity contribution in [1.29, 1.82) is 5.26 Å². The molecular weight excluding hydrogens is 180 g/mol. The molecule has 1 atom stereocenters. The lowest BCUT2D eigenvalue weighted by Crippen LogP contribution is -2.42. The van der Waals surface area contributed by atoms with Crippen molar-refractivity contribution in [2.24, 2.45) is 0 Å². The molecular formula is C10H18N2O2. The van der Waals surface area contributed by atoms with Gasteiger partial charge in [0.15, 0.2) is 0 Å². The Morgan fingerprint density at radius 2 is 2.14 bits per heavy atom. The van der Waals surface area contributed by atoms with Gasteiger partial charge >= 0.3 is 0 Å². The SMILES string of the molecule is CCCN(C(C)CC#N)C1OCCO1. The Balaban J connectivity index is 2.48. The number of rotatable bonds is 5. The summed E-state index contributed by atoms with van der Waals surface area (Å²) < 4.78 is 10.9. The van der Waals surface area contributed by atoms with E-state index in [2.05, 4.69) is 17.9 Å². The van der Waals surface area contributed by atoms with Gasteiger partial charge in [0, 0.05) is 12.6 Å². The van der Waals surface area contributed by atoms with Gasteiger partial charge in [-0.25, -0.2) is 0 Å². The zero-order valence-corrected chi connectivity index (χ0v) is 8.90. The molecule has 0 saturated carbocycles.